The molecule has 1 aliphatic rings. The standard InChI is InChI=1S/C18H28N2O3/c1-14(21)16-13-19(12-15-8-6-5-7-9-15)10-11-20(16)17(22)23-18(2,3)4/h5-9,14,16,21H,10-13H2,1-4H3. The van der Waals surface area contributed by atoms with Gasteiger partial charge in [0.05, 0.1) is 12.1 Å². The van der Waals surface area contributed by atoms with Crippen LogP contribution in [-0.2, 0) is 11.3 Å². The fourth-order valence-electron chi connectivity index (χ4n) is 2.81. The SMILES string of the molecule is CC(O)C1CN(Cc2ccccc2)CCN1C(=O)OC(C)(C)C. The minimum absolute atomic E-state index is 0.248. The highest BCUT2D eigenvalue weighted by atomic mass is 16.6. The second-order valence-electron chi connectivity index (χ2n) is 7.20. The summed E-state index contributed by atoms with van der Waals surface area (Å²) in [6.45, 7) is 10.1. The van der Waals surface area contributed by atoms with E-state index in [4.69, 9.17) is 4.74 Å². The Kier molecular flexibility index (Phi) is 5.65. The molecule has 2 atom stereocenters. The number of benzene rings is 1. The molecular formula is C18H28N2O3. The summed E-state index contributed by atoms with van der Waals surface area (Å²) in [6.07, 6.45) is -0.941. The fourth-order valence-corrected chi connectivity index (χ4v) is 2.81. The molecule has 1 aromatic rings. The maximum absolute atomic E-state index is 12.4. The van der Waals surface area contributed by atoms with Crippen LogP contribution in [0.2, 0.25) is 0 Å². The van der Waals surface area contributed by atoms with Gasteiger partial charge in [0.15, 0.2) is 0 Å². The van der Waals surface area contributed by atoms with Crippen LogP contribution in [0.15, 0.2) is 30.3 Å². The Morgan fingerprint density at radius 3 is 2.52 bits per heavy atom. The van der Waals surface area contributed by atoms with Crippen molar-refractivity contribution in [3.63, 3.8) is 0 Å². The number of aliphatic hydroxyl groups excluding tert-OH is 1. The van der Waals surface area contributed by atoms with Crippen LogP contribution in [0, 0.1) is 0 Å². The van der Waals surface area contributed by atoms with Crippen molar-refractivity contribution in [2.45, 2.75) is 52.0 Å². The number of hydrogen-bond donors (Lipinski definition) is 1. The van der Waals surface area contributed by atoms with Crippen molar-refractivity contribution < 1.29 is 14.6 Å². The minimum Gasteiger partial charge on any atom is -0.444 e. The molecule has 0 spiro atoms. The number of carbonyl (C=O) groups excluding carboxylic acids is 1. The fraction of sp³-hybridized carbons (Fsp3) is 0.611. The van der Waals surface area contributed by atoms with E-state index in [1.54, 1.807) is 11.8 Å². The molecule has 0 saturated carbocycles. The molecule has 2 unspecified atom stereocenters. The van der Waals surface area contributed by atoms with Gasteiger partial charge >= 0.3 is 6.09 Å². The van der Waals surface area contributed by atoms with Crippen LogP contribution in [-0.4, -0.2) is 58.4 Å². The van der Waals surface area contributed by atoms with E-state index in [-0.39, 0.29) is 12.1 Å². The third kappa shape index (κ3) is 5.22. The van der Waals surface area contributed by atoms with E-state index in [2.05, 4.69) is 17.0 Å². The Labute approximate surface area is 138 Å². The molecule has 1 aliphatic heterocycles. The molecule has 0 aliphatic carbocycles. The number of ether oxygens (including phenoxy) is 1. The molecule has 0 radical (unpaired) electrons. The van der Waals surface area contributed by atoms with Crippen molar-refractivity contribution in [3.8, 4) is 0 Å². The maximum atomic E-state index is 12.4. The summed E-state index contributed by atoms with van der Waals surface area (Å²) in [5.74, 6) is 0. The van der Waals surface area contributed by atoms with Gasteiger partial charge in [-0.05, 0) is 33.3 Å². The van der Waals surface area contributed by atoms with Crippen LogP contribution in [0.5, 0.6) is 0 Å². The van der Waals surface area contributed by atoms with E-state index in [1.165, 1.54) is 5.56 Å². The summed E-state index contributed by atoms with van der Waals surface area (Å²) in [5.41, 5.74) is 0.712. The number of rotatable bonds is 3. The Morgan fingerprint density at radius 2 is 1.96 bits per heavy atom. The number of amides is 1. The van der Waals surface area contributed by atoms with Crippen molar-refractivity contribution in [3.05, 3.63) is 35.9 Å². The highest BCUT2D eigenvalue weighted by molar-refractivity contribution is 5.68. The van der Waals surface area contributed by atoms with Crippen LogP contribution in [0.4, 0.5) is 4.79 Å². The van der Waals surface area contributed by atoms with Gasteiger partial charge < -0.3 is 14.7 Å². The average molecular weight is 320 g/mol. The van der Waals surface area contributed by atoms with E-state index in [0.717, 1.165) is 13.1 Å². The smallest absolute Gasteiger partial charge is 0.410 e. The number of piperazine rings is 1. The highest BCUT2D eigenvalue weighted by Crippen LogP contribution is 2.19. The van der Waals surface area contributed by atoms with E-state index in [9.17, 15) is 9.90 Å². The molecule has 1 amide bonds. The van der Waals surface area contributed by atoms with Crippen LogP contribution < -0.4 is 0 Å². The Bertz CT molecular complexity index is 511. The molecule has 5 heteroatoms. The van der Waals surface area contributed by atoms with E-state index >= 15 is 0 Å². The van der Waals surface area contributed by atoms with Crippen LogP contribution in [0.1, 0.15) is 33.3 Å². The summed E-state index contributed by atoms with van der Waals surface area (Å²) >= 11 is 0. The van der Waals surface area contributed by atoms with Gasteiger partial charge in [-0.2, -0.15) is 0 Å². The van der Waals surface area contributed by atoms with Gasteiger partial charge in [-0.25, -0.2) is 4.79 Å². The van der Waals surface area contributed by atoms with Crippen LogP contribution >= 0.6 is 0 Å². The van der Waals surface area contributed by atoms with E-state index in [0.29, 0.717) is 13.1 Å². The third-order valence-corrected chi connectivity index (χ3v) is 3.94. The lowest BCUT2D eigenvalue weighted by Gasteiger charge is -2.42. The zero-order chi connectivity index (χ0) is 17.0. The van der Waals surface area contributed by atoms with Crippen molar-refractivity contribution in [2.75, 3.05) is 19.6 Å². The first-order valence-electron chi connectivity index (χ1n) is 8.20. The minimum atomic E-state index is -0.596. The normalized spacial score (nSPS) is 21.1. The largest absolute Gasteiger partial charge is 0.444 e. The summed E-state index contributed by atoms with van der Waals surface area (Å²) < 4.78 is 5.47. The van der Waals surface area contributed by atoms with Gasteiger partial charge in [0.1, 0.15) is 5.60 Å². The first-order valence-corrected chi connectivity index (χ1v) is 8.20. The molecule has 0 aromatic heterocycles. The number of carbonyl (C=O) groups is 1. The van der Waals surface area contributed by atoms with Gasteiger partial charge in [0.25, 0.3) is 0 Å². The maximum Gasteiger partial charge on any atom is 0.410 e. The van der Waals surface area contributed by atoms with Gasteiger partial charge in [-0.15, -0.1) is 0 Å². The molecule has 1 aromatic carbocycles. The molecule has 1 N–H and O–H groups in total. The predicted molar refractivity (Wildman–Crippen MR) is 90.1 cm³/mol. The van der Waals surface area contributed by atoms with Crippen LogP contribution in [0.3, 0.4) is 0 Å². The molecule has 1 heterocycles. The summed E-state index contributed by atoms with van der Waals surface area (Å²) in [7, 11) is 0. The second kappa shape index (κ2) is 7.32. The average Bonchev–Trinajstić information content (AvgIpc) is 2.46. The lowest BCUT2D eigenvalue weighted by molar-refractivity contribution is -0.0294. The first-order chi connectivity index (χ1) is 10.8. The van der Waals surface area contributed by atoms with Crippen molar-refractivity contribution in [1.82, 2.24) is 9.80 Å². The molecule has 1 saturated heterocycles. The topological polar surface area (TPSA) is 53.0 Å². The van der Waals surface area contributed by atoms with Gasteiger partial charge in [-0.1, -0.05) is 30.3 Å². The Hall–Kier alpha value is -1.59. The molecule has 1 fully saturated rings. The van der Waals surface area contributed by atoms with Gasteiger partial charge in [0, 0.05) is 26.2 Å². The zero-order valence-electron chi connectivity index (χ0n) is 14.5. The Balaban J connectivity index is 2.01. The molecule has 2 rings (SSSR count). The summed E-state index contributed by atoms with van der Waals surface area (Å²) in [6, 6.07) is 10.00. The van der Waals surface area contributed by atoms with E-state index < -0.39 is 11.7 Å². The zero-order valence-corrected chi connectivity index (χ0v) is 14.5. The monoisotopic (exact) mass is 320 g/mol. The predicted octanol–water partition coefficient (Wildman–Crippen LogP) is 2.49. The summed E-state index contributed by atoms with van der Waals surface area (Å²) in [5, 5.41) is 10.1. The molecule has 23 heavy (non-hydrogen) atoms. The number of hydrogen-bond acceptors (Lipinski definition) is 4. The van der Waals surface area contributed by atoms with Crippen molar-refractivity contribution in [1.29, 1.82) is 0 Å². The quantitative estimate of drug-likeness (QED) is 0.930. The summed E-state index contributed by atoms with van der Waals surface area (Å²) in [4.78, 5) is 16.3. The molecular weight excluding hydrogens is 292 g/mol. The third-order valence-electron chi connectivity index (χ3n) is 3.94. The first kappa shape index (κ1) is 17.8. The molecule has 0 bridgehead atoms. The van der Waals surface area contributed by atoms with Gasteiger partial charge in [0.2, 0.25) is 0 Å². The highest BCUT2D eigenvalue weighted by Gasteiger charge is 2.35. The Morgan fingerprint density at radius 1 is 1.30 bits per heavy atom. The van der Waals surface area contributed by atoms with E-state index in [1.807, 2.05) is 39.0 Å². The van der Waals surface area contributed by atoms with Gasteiger partial charge in [-0.3, -0.25) is 4.90 Å². The lowest BCUT2D eigenvalue weighted by atomic mass is 10.1. The number of aliphatic hydroxyl groups is 1. The van der Waals surface area contributed by atoms with Crippen molar-refractivity contribution in [2.24, 2.45) is 0 Å². The lowest BCUT2D eigenvalue weighted by Crippen LogP contribution is -2.59. The van der Waals surface area contributed by atoms with Crippen molar-refractivity contribution >= 4 is 6.09 Å². The second-order valence-corrected chi connectivity index (χ2v) is 7.20. The molecule has 128 valence electrons. The van der Waals surface area contributed by atoms with Crippen LogP contribution in [0.25, 0.3) is 0 Å². The molecule has 5 nitrogen and oxygen atoms in total. The number of nitrogens with zero attached hydrogens (tertiary/aromatic N) is 2.